The Bertz CT molecular complexity index is 380. The van der Waals surface area contributed by atoms with Crippen LogP contribution in [0.25, 0.3) is 0 Å². The molecule has 1 saturated carbocycles. The van der Waals surface area contributed by atoms with Crippen molar-refractivity contribution in [3.63, 3.8) is 0 Å². The Morgan fingerprint density at radius 1 is 1.47 bits per heavy atom. The van der Waals surface area contributed by atoms with Crippen molar-refractivity contribution in [1.29, 1.82) is 5.26 Å². The van der Waals surface area contributed by atoms with Crippen LogP contribution in [0.1, 0.15) is 23.7 Å². The molecule has 0 radical (unpaired) electrons. The summed E-state index contributed by atoms with van der Waals surface area (Å²) in [5.74, 6) is 0.160. The molecule has 1 aromatic rings. The van der Waals surface area contributed by atoms with Crippen LogP contribution in [0.4, 0.5) is 0 Å². The summed E-state index contributed by atoms with van der Waals surface area (Å²) in [5.41, 5.74) is 7.42. The third kappa shape index (κ3) is 2.01. The van der Waals surface area contributed by atoms with Gasteiger partial charge in [0.25, 0.3) is 0 Å². The van der Waals surface area contributed by atoms with Crippen LogP contribution >= 0.6 is 0 Å². The molecule has 0 heterocycles. The Labute approximate surface area is 89.1 Å². The van der Waals surface area contributed by atoms with Gasteiger partial charge in [0.05, 0.1) is 18.1 Å². The molecule has 1 fully saturated rings. The van der Waals surface area contributed by atoms with Gasteiger partial charge in [-0.25, -0.2) is 0 Å². The Morgan fingerprint density at radius 2 is 2.13 bits per heavy atom. The molecule has 1 aliphatic carbocycles. The molecule has 0 aliphatic heterocycles. The molecule has 2 rings (SSSR count). The van der Waals surface area contributed by atoms with Gasteiger partial charge in [-0.1, -0.05) is 24.3 Å². The highest BCUT2D eigenvalue weighted by molar-refractivity contribution is 5.26. The Balaban J connectivity index is 2.07. The van der Waals surface area contributed by atoms with Gasteiger partial charge >= 0.3 is 0 Å². The summed E-state index contributed by atoms with van der Waals surface area (Å²) in [5, 5.41) is 18.6. The lowest BCUT2D eigenvalue weighted by molar-refractivity contribution is 0.150. The van der Waals surface area contributed by atoms with Gasteiger partial charge in [0.15, 0.2) is 0 Å². The lowest BCUT2D eigenvalue weighted by Crippen LogP contribution is -2.02. The molecule has 3 nitrogen and oxygen atoms in total. The van der Waals surface area contributed by atoms with Crippen molar-refractivity contribution >= 4 is 0 Å². The monoisotopic (exact) mass is 202 g/mol. The summed E-state index contributed by atoms with van der Waals surface area (Å²) in [6.07, 6.45) is 0.317. The second kappa shape index (κ2) is 4.01. The van der Waals surface area contributed by atoms with Gasteiger partial charge in [0.2, 0.25) is 0 Å². The third-order valence-electron chi connectivity index (χ3n) is 2.97. The molecule has 1 aromatic carbocycles. The van der Waals surface area contributed by atoms with Gasteiger partial charge in [-0.3, -0.25) is 0 Å². The molecule has 3 atom stereocenters. The van der Waals surface area contributed by atoms with E-state index >= 15 is 0 Å². The normalized spacial score (nSPS) is 25.7. The van der Waals surface area contributed by atoms with Gasteiger partial charge in [-0.05, 0) is 17.5 Å². The number of nitriles is 1. The zero-order valence-electron chi connectivity index (χ0n) is 8.43. The van der Waals surface area contributed by atoms with Crippen LogP contribution in [0.3, 0.4) is 0 Å². The Morgan fingerprint density at radius 3 is 2.60 bits per heavy atom. The van der Waals surface area contributed by atoms with Crippen LogP contribution in [-0.2, 0) is 6.54 Å². The van der Waals surface area contributed by atoms with Crippen molar-refractivity contribution in [3.05, 3.63) is 35.4 Å². The third-order valence-corrected chi connectivity index (χ3v) is 2.97. The van der Waals surface area contributed by atoms with Crippen LogP contribution in [0.5, 0.6) is 0 Å². The lowest BCUT2D eigenvalue weighted by Gasteiger charge is -2.09. The van der Waals surface area contributed by atoms with Crippen molar-refractivity contribution in [3.8, 4) is 6.07 Å². The van der Waals surface area contributed by atoms with Crippen molar-refractivity contribution < 1.29 is 5.11 Å². The molecule has 0 saturated heterocycles. The number of hydrogen-bond acceptors (Lipinski definition) is 3. The second-order valence-corrected chi connectivity index (χ2v) is 4.03. The summed E-state index contributed by atoms with van der Waals surface area (Å²) >= 11 is 0. The minimum absolute atomic E-state index is 0.0363. The standard InChI is InChI=1S/C12H14N2O/c13-6-8-1-3-9(4-2-8)12(15)11-5-10(11)7-14/h1-4,10-12,15H,5-6,13H2. The maximum Gasteiger partial charge on any atom is 0.0831 e. The van der Waals surface area contributed by atoms with Gasteiger partial charge in [-0.2, -0.15) is 5.26 Å². The number of benzene rings is 1. The van der Waals surface area contributed by atoms with Crippen molar-refractivity contribution in [2.75, 3.05) is 0 Å². The first-order chi connectivity index (χ1) is 7.26. The number of aliphatic hydroxyl groups excluding tert-OH is 1. The number of nitrogens with two attached hydrogens (primary N) is 1. The summed E-state index contributed by atoms with van der Waals surface area (Å²) in [7, 11) is 0. The number of hydrogen-bond donors (Lipinski definition) is 2. The fraction of sp³-hybridized carbons (Fsp3) is 0.417. The maximum atomic E-state index is 9.94. The zero-order chi connectivity index (χ0) is 10.8. The largest absolute Gasteiger partial charge is 0.388 e. The average molecular weight is 202 g/mol. The first-order valence-electron chi connectivity index (χ1n) is 5.13. The van der Waals surface area contributed by atoms with Gasteiger partial charge in [0, 0.05) is 12.5 Å². The van der Waals surface area contributed by atoms with Crippen molar-refractivity contribution in [1.82, 2.24) is 0 Å². The molecule has 15 heavy (non-hydrogen) atoms. The van der Waals surface area contributed by atoms with Crippen LogP contribution in [0.2, 0.25) is 0 Å². The summed E-state index contributed by atoms with van der Waals surface area (Å²) in [4.78, 5) is 0. The van der Waals surface area contributed by atoms with Crippen LogP contribution in [-0.4, -0.2) is 5.11 Å². The number of nitrogens with zero attached hydrogens (tertiary/aromatic N) is 1. The molecular formula is C12H14N2O. The fourth-order valence-corrected chi connectivity index (χ4v) is 1.81. The number of aliphatic hydroxyl groups is 1. The molecule has 3 unspecified atom stereocenters. The topological polar surface area (TPSA) is 70.0 Å². The zero-order valence-corrected chi connectivity index (χ0v) is 8.43. The second-order valence-electron chi connectivity index (χ2n) is 4.03. The molecule has 78 valence electrons. The molecule has 0 spiro atoms. The Hall–Kier alpha value is -1.37. The van der Waals surface area contributed by atoms with E-state index in [1.165, 1.54) is 0 Å². The van der Waals surface area contributed by atoms with Crippen molar-refractivity contribution in [2.24, 2.45) is 17.6 Å². The van der Waals surface area contributed by atoms with E-state index in [0.29, 0.717) is 6.54 Å². The van der Waals surface area contributed by atoms with E-state index in [0.717, 1.165) is 17.5 Å². The van der Waals surface area contributed by atoms with E-state index in [1.54, 1.807) is 0 Å². The Kier molecular flexibility index (Phi) is 2.72. The van der Waals surface area contributed by atoms with E-state index in [-0.39, 0.29) is 11.8 Å². The fourth-order valence-electron chi connectivity index (χ4n) is 1.81. The predicted octanol–water partition coefficient (Wildman–Crippen LogP) is 1.34. The predicted molar refractivity (Wildman–Crippen MR) is 56.5 cm³/mol. The summed E-state index contributed by atoms with van der Waals surface area (Å²) < 4.78 is 0. The molecule has 0 bridgehead atoms. The molecule has 0 aromatic heterocycles. The minimum Gasteiger partial charge on any atom is -0.388 e. The average Bonchev–Trinajstić information content (AvgIpc) is 3.07. The van der Waals surface area contributed by atoms with E-state index < -0.39 is 6.10 Å². The van der Waals surface area contributed by atoms with Gasteiger partial charge < -0.3 is 10.8 Å². The minimum atomic E-state index is -0.499. The first kappa shape index (κ1) is 10.2. The van der Waals surface area contributed by atoms with Gasteiger partial charge in [-0.15, -0.1) is 0 Å². The van der Waals surface area contributed by atoms with Crippen LogP contribution in [0.15, 0.2) is 24.3 Å². The van der Waals surface area contributed by atoms with Crippen LogP contribution in [0, 0.1) is 23.2 Å². The van der Waals surface area contributed by atoms with E-state index in [4.69, 9.17) is 11.0 Å². The summed E-state index contributed by atoms with van der Waals surface area (Å²) in [6, 6.07) is 9.80. The molecular weight excluding hydrogens is 188 g/mol. The van der Waals surface area contributed by atoms with Crippen LogP contribution < -0.4 is 5.73 Å². The molecule has 1 aliphatic rings. The highest BCUT2D eigenvalue weighted by Crippen LogP contribution is 2.46. The van der Waals surface area contributed by atoms with Crippen molar-refractivity contribution in [2.45, 2.75) is 19.1 Å². The summed E-state index contributed by atoms with van der Waals surface area (Å²) in [6.45, 7) is 0.515. The number of rotatable bonds is 3. The smallest absolute Gasteiger partial charge is 0.0831 e. The van der Waals surface area contributed by atoms with E-state index in [1.807, 2.05) is 24.3 Å². The van der Waals surface area contributed by atoms with E-state index in [9.17, 15) is 5.11 Å². The first-order valence-corrected chi connectivity index (χ1v) is 5.13. The lowest BCUT2D eigenvalue weighted by atomic mass is 10.0. The SMILES string of the molecule is N#CC1CC1C(O)c1ccc(CN)cc1. The quantitative estimate of drug-likeness (QED) is 0.777. The highest BCUT2D eigenvalue weighted by Gasteiger charge is 2.43. The maximum absolute atomic E-state index is 9.94. The molecule has 0 amide bonds. The van der Waals surface area contributed by atoms with E-state index in [2.05, 4.69) is 6.07 Å². The van der Waals surface area contributed by atoms with Gasteiger partial charge in [0.1, 0.15) is 0 Å². The molecule has 3 heteroatoms. The highest BCUT2D eigenvalue weighted by atomic mass is 16.3. The molecule has 3 N–H and O–H groups in total.